The summed E-state index contributed by atoms with van der Waals surface area (Å²) >= 11 is 0. The van der Waals surface area contributed by atoms with Crippen molar-refractivity contribution >= 4 is 5.91 Å². The Kier molecular flexibility index (Phi) is 5.50. The van der Waals surface area contributed by atoms with Crippen molar-refractivity contribution in [2.75, 3.05) is 0 Å². The van der Waals surface area contributed by atoms with Crippen molar-refractivity contribution in [3.05, 3.63) is 48.1 Å². The fraction of sp³-hybridized carbons (Fsp3) is 0.429. The van der Waals surface area contributed by atoms with Crippen LogP contribution in [0.2, 0.25) is 0 Å². The largest absolute Gasteiger partial charge is 0.345 e. The third kappa shape index (κ3) is 4.13. The summed E-state index contributed by atoms with van der Waals surface area (Å²) in [5.41, 5.74) is 2.47. The van der Waals surface area contributed by atoms with Crippen molar-refractivity contribution in [1.29, 1.82) is 0 Å². The number of para-hydroxylation sites is 1. The molecule has 1 aliphatic carbocycles. The summed E-state index contributed by atoms with van der Waals surface area (Å²) in [6, 6.07) is 10.0. The second kappa shape index (κ2) is 8.37. The molecule has 4 rings (SSSR count). The molecule has 0 saturated heterocycles. The zero-order valence-electron chi connectivity index (χ0n) is 16.1. The van der Waals surface area contributed by atoms with Crippen LogP contribution < -0.4 is 5.32 Å². The number of hydrogen-bond acceptors (Lipinski definition) is 5. The molecule has 1 saturated carbocycles. The van der Waals surface area contributed by atoms with E-state index in [2.05, 4.69) is 20.6 Å². The quantitative estimate of drug-likeness (QED) is 0.738. The van der Waals surface area contributed by atoms with Crippen molar-refractivity contribution < 1.29 is 9.32 Å². The Morgan fingerprint density at radius 1 is 1.11 bits per heavy atom. The molecule has 1 amide bonds. The molecule has 0 radical (unpaired) electrons. The van der Waals surface area contributed by atoms with Gasteiger partial charge in [0.2, 0.25) is 5.82 Å². The number of nitrogens with zero attached hydrogens (tertiary/aromatic N) is 4. The molecule has 7 nitrogen and oxygen atoms in total. The first-order chi connectivity index (χ1) is 13.7. The van der Waals surface area contributed by atoms with Gasteiger partial charge in [-0.15, -0.1) is 0 Å². The highest BCUT2D eigenvalue weighted by atomic mass is 16.5. The average Bonchev–Trinajstić information content (AvgIpc) is 3.31. The summed E-state index contributed by atoms with van der Waals surface area (Å²) < 4.78 is 7.01. The van der Waals surface area contributed by atoms with Crippen LogP contribution in [0.15, 0.2) is 41.1 Å². The molecule has 0 atom stereocenters. The Morgan fingerprint density at radius 2 is 1.82 bits per heavy atom. The molecular formula is C21H25N5O2. The molecular weight excluding hydrogens is 354 g/mol. The van der Waals surface area contributed by atoms with E-state index in [4.69, 9.17) is 4.52 Å². The maximum Gasteiger partial charge on any atom is 0.316 e. The molecule has 3 aromatic rings. The van der Waals surface area contributed by atoms with Crippen molar-refractivity contribution in [2.45, 2.75) is 57.9 Å². The predicted molar refractivity (Wildman–Crippen MR) is 105 cm³/mol. The zero-order valence-corrected chi connectivity index (χ0v) is 16.1. The first-order valence-electron chi connectivity index (χ1n) is 9.97. The molecule has 0 aliphatic heterocycles. The van der Waals surface area contributed by atoms with E-state index in [1.54, 1.807) is 4.68 Å². The maximum atomic E-state index is 12.5. The second-order valence-corrected chi connectivity index (χ2v) is 7.35. The number of nitrogens with one attached hydrogen (secondary N) is 1. The monoisotopic (exact) mass is 379 g/mol. The summed E-state index contributed by atoms with van der Waals surface area (Å²) in [5, 5.41) is 11.6. The molecule has 0 bridgehead atoms. The van der Waals surface area contributed by atoms with Gasteiger partial charge < -0.3 is 9.84 Å². The number of aryl methyl sites for hydroxylation is 1. The van der Waals surface area contributed by atoms with E-state index < -0.39 is 0 Å². The number of carbonyl (C=O) groups is 1. The summed E-state index contributed by atoms with van der Waals surface area (Å²) in [5.74, 6) is 0.0869. The van der Waals surface area contributed by atoms with Crippen LogP contribution in [0.4, 0.5) is 0 Å². The van der Waals surface area contributed by atoms with Gasteiger partial charge in [-0.3, -0.25) is 4.79 Å². The molecule has 1 fully saturated rings. The SMILES string of the molecule is Cc1nn(-c2ccccc2)cc1-c1noc(C(=O)NC2CCCCCCC2)n1. The minimum atomic E-state index is -0.294. The summed E-state index contributed by atoms with van der Waals surface area (Å²) in [7, 11) is 0. The Bertz CT molecular complexity index is 923. The van der Waals surface area contributed by atoms with Gasteiger partial charge in [0.15, 0.2) is 0 Å². The Balaban J connectivity index is 1.48. The molecule has 28 heavy (non-hydrogen) atoms. The number of amides is 1. The van der Waals surface area contributed by atoms with Crippen LogP contribution in [0, 0.1) is 6.92 Å². The molecule has 0 spiro atoms. The van der Waals surface area contributed by atoms with Crippen LogP contribution in [-0.4, -0.2) is 31.9 Å². The van der Waals surface area contributed by atoms with Crippen LogP contribution in [0.3, 0.4) is 0 Å². The highest BCUT2D eigenvalue weighted by Gasteiger charge is 2.22. The first-order valence-corrected chi connectivity index (χ1v) is 9.97. The van der Waals surface area contributed by atoms with Gasteiger partial charge >= 0.3 is 11.8 Å². The highest BCUT2D eigenvalue weighted by Crippen LogP contribution is 2.22. The van der Waals surface area contributed by atoms with Crippen LogP contribution in [0.25, 0.3) is 17.1 Å². The molecule has 1 aromatic carbocycles. The third-order valence-corrected chi connectivity index (χ3v) is 5.22. The van der Waals surface area contributed by atoms with Crippen molar-refractivity contribution in [3.63, 3.8) is 0 Å². The van der Waals surface area contributed by atoms with E-state index in [9.17, 15) is 4.79 Å². The highest BCUT2D eigenvalue weighted by molar-refractivity contribution is 5.90. The van der Waals surface area contributed by atoms with Gasteiger partial charge in [-0.05, 0) is 31.9 Å². The number of rotatable bonds is 4. The van der Waals surface area contributed by atoms with Crippen LogP contribution in [-0.2, 0) is 0 Å². The van der Waals surface area contributed by atoms with Gasteiger partial charge in [-0.1, -0.05) is 55.5 Å². The van der Waals surface area contributed by atoms with Gasteiger partial charge in [0.05, 0.1) is 16.9 Å². The summed E-state index contributed by atoms with van der Waals surface area (Å²) in [6.07, 6.45) is 9.94. The van der Waals surface area contributed by atoms with Gasteiger partial charge in [-0.25, -0.2) is 4.68 Å². The van der Waals surface area contributed by atoms with Gasteiger partial charge in [0, 0.05) is 12.2 Å². The van der Waals surface area contributed by atoms with Gasteiger partial charge in [-0.2, -0.15) is 10.1 Å². The second-order valence-electron chi connectivity index (χ2n) is 7.35. The Hall–Kier alpha value is -2.96. The summed E-state index contributed by atoms with van der Waals surface area (Å²) in [4.78, 5) is 16.9. The lowest BCUT2D eigenvalue weighted by Gasteiger charge is -2.19. The van der Waals surface area contributed by atoms with E-state index in [-0.39, 0.29) is 17.8 Å². The van der Waals surface area contributed by atoms with Crippen molar-refractivity contribution in [2.24, 2.45) is 0 Å². The zero-order chi connectivity index (χ0) is 19.3. The summed E-state index contributed by atoms with van der Waals surface area (Å²) in [6.45, 7) is 1.89. The van der Waals surface area contributed by atoms with E-state index >= 15 is 0 Å². The minimum absolute atomic E-state index is 0.00363. The minimum Gasteiger partial charge on any atom is -0.345 e. The number of carbonyl (C=O) groups excluding carboxylic acids is 1. The lowest BCUT2D eigenvalue weighted by Crippen LogP contribution is -2.35. The van der Waals surface area contributed by atoms with Crippen molar-refractivity contribution in [3.8, 4) is 17.1 Å². The van der Waals surface area contributed by atoms with Crippen LogP contribution in [0.5, 0.6) is 0 Å². The predicted octanol–water partition coefficient (Wildman–Crippen LogP) is 4.07. The molecule has 146 valence electrons. The molecule has 1 aliphatic rings. The fourth-order valence-corrected chi connectivity index (χ4v) is 3.67. The smallest absolute Gasteiger partial charge is 0.316 e. The number of aromatic nitrogens is 4. The molecule has 2 heterocycles. The lowest BCUT2D eigenvalue weighted by atomic mass is 9.97. The lowest BCUT2D eigenvalue weighted by molar-refractivity contribution is 0.0886. The van der Waals surface area contributed by atoms with E-state index in [1.807, 2.05) is 43.5 Å². The van der Waals surface area contributed by atoms with Crippen LogP contribution in [0.1, 0.15) is 61.3 Å². The Morgan fingerprint density at radius 3 is 2.57 bits per heavy atom. The molecule has 2 aromatic heterocycles. The van der Waals surface area contributed by atoms with Crippen LogP contribution >= 0.6 is 0 Å². The topological polar surface area (TPSA) is 85.8 Å². The van der Waals surface area contributed by atoms with E-state index in [0.717, 1.165) is 42.6 Å². The standard InChI is InChI=1S/C21H25N5O2/c1-15-18(14-26(24-15)17-12-8-5-9-13-17)19-23-21(28-25-19)20(27)22-16-10-6-3-2-4-7-11-16/h5,8-9,12-14,16H,2-4,6-7,10-11H2,1H3,(H,22,27). The fourth-order valence-electron chi connectivity index (χ4n) is 3.67. The van der Waals surface area contributed by atoms with E-state index in [0.29, 0.717) is 5.82 Å². The molecule has 0 unspecified atom stereocenters. The van der Waals surface area contributed by atoms with E-state index in [1.165, 1.54) is 19.3 Å². The number of hydrogen-bond donors (Lipinski definition) is 1. The normalized spacial score (nSPS) is 15.8. The first kappa shape index (κ1) is 18.4. The Labute approximate surface area is 164 Å². The third-order valence-electron chi connectivity index (χ3n) is 5.22. The molecule has 1 N–H and O–H groups in total. The molecule has 7 heteroatoms. The van der Waals surface area contributed by atoms with Gasteiger partial charge in [0.1, 0.15) is 0 Å². The van der Waals surface area contributed by atoms with Gasteiger partial charge in [0.25, 0.3) is 0 Å². The number of benzene rings is 1. The average molecular weight is 379 g/mol. The maximum absolute atomic E-state index is 12.5. The van der Waals surface area contributed by atoms with Crippen molar-refractivity contribution in [1.82, 2.24) is 25.2 Å².